The van der Waals surface area contributed by atoms with Gasteiger partial charge in [0.15, 0.2) is 0 Å². The summed E-state index contributed by atoms with van der Waals surface area (Å²) >= 11 is 0. The fourth-order valence-electron chi connectivity index (χ4n) is 3.00. The fraction of sp³-hybridized carbons (Fsp3) is 1.00. The van der Waals surface area contributed by atoms with Crippen LogP contribution in [-0.4, -0.2) is 30.3 Å². The van der Waals surface area contributed by atoms with Crippen molar-refractivity contribution in [2.75, 3.05) is 13.2 Å². The summed E-state index contributed by atoms with van der Waals surface area (Å²) in [5.74, 6) is 0.836. The molecule has 1 N–H and O–H groups in total. The van der Waals surface area contributed by atoms with Gasteiger partial charge in [0.1, 0.15) is 6.61 Å². The van der Waals surface area contributed by atoms with E-state index in [1.54, 1.807) is 0 Å². The Hall–Kier alpha value is -0.220. The number of hydrogen-bond acceptors (Lipinski definition) is 2. The predicted molar refractivity (Wildman–Crippen MR) is 51.8 cm³/mol. The molecule has 2 nitrogen and oxygen atoms in total. The normalized spacial score (nSPS) is 39.2. The molecule has 0 saturated heterocycles. The van der Waals surface area contributed by atoms with Crippen molar-refractivity contribution in [2.24, 2.45) is 11.8 Å². The summed E-state index contributed by atoms with van der Waals surface area (Å²) in [7, 11) is 0. The first-order chi connectivity index (χ1) is 7.14. The van der Waals surface area contributed by atoms with Crippen molar-refractivity contribution >= 4 is 0 Å². The molecule has 0 heterocycles. The van der Waals surface area contributed by atoms with E-state index in [0.29, 0.717) is 18.3 Å². The highest BCUT2D eigenvalue weighted by Crippen LogP contribution is 2.60. The lowest BCUT2D eigenvalue weighted by molar-refractivity contribution is -0.00333. The third-order valence-corrected chi connectivity index (χ3v) is 3.83. The molecule has 0 spiro atoms. The average molecular weight is 220 g/mol. The van der Waals surface area contributed by atoms with Gasteiger partial charge < -0.3 is 9.84 Å². The van der Waals surface area contributed by atoms with Gasteiger partial charge in [0.05, 0.1) is 5.60 Å². The maximum absolute atomic E-state index is 11.8. The predicted octanol–water partition coefficient (Wildman–Crippen LogP) is 2.21. The summed E-state index contributed by atoms with van der Waals surface area (Å²) in [6.45, 7) is -0.251. The van der Waals surface area contributed by atoms with Gasteiger partial charge in [-0.1, -0.05) is 12.8 Å². The topological polar surface area (TPSA) is 29.5 Å². The van der Waals surface area contributed by atoms with Gasteiger partial charge in [-0.05, 0) is 24.7 Å². The van der Waals surface area contributed by atoms with E-state index in [0.717, 1.165) is 12.8 Å². The van der Waals surface area contributed by atoms with Crippen LogP contribution < -0.4 is 0 Å². The highest BCUT2D eigenvalue weighted by atomic mass is 19.3. The van der Waals surface area contributed by atoms with Crippen molar-refractivity contribution in [3.8, 4) is 0 Å². The van der Waals surface area contributed by atoms with E-state index in [1.807, 2.05) is 0 Å². The van der Waals surface area contributed by atoms with Crippen LogP contribution in [0, 0.1) is 11.8 Å². The molecule has 0 aromatic carbocycles. The van der Waals surface area contributed by atoms with Crippen LogP contribution in [0.25, 0.3) is 0 Å². The van der Waals surface area contributed by atoms with Crippen molar-refractivity contribution < 1.29 is 18.6 Å². The van der Waals surface area contributed by atoms with E-state index in [2.05, 4.69) is 0 Å². The molecule has 88 valence electrons. The summed E-state index contributed by atoms with van der Waals surface area (Å²) < 4.78 is 28.4. The van der Waals surface area contributed by atoms with Gasteiger partial charge in [-0.15, -0.1) is 0 Å². The molecule has 15 heavy (non-hydrogen) atoms. The molecule has 0 aromatic rings. The molecule has 2 saturated carbocycles. The number of alkyl halides is 2. The average Bonchev–Trinajstić information content (AvgIpc) is 2.81. The van der Waals surface area contributed by atoms with E-state index in [-0.39, 0.29) is 6.61 Å². The maximum atomic E-state index is 11.8. The van der Waals surface area contributed by atoms with Gasteiger partial charge in [-0.2, -0.15) is 0 Å². The Labute approximate surface area is 88.6 Å². The smallest absolute Gasteiger partial charge is 0.261 e. The summed E-state index contributed by atoms with van der Waals surface area (Å²) in [6.07, 6.45) is 2.70. The summed E-state index contributed by atoms with van der Waals surface area (Å²) in [5, 5.41) is 10.2. The Morgan fingerprint density at radius 2 is 1.87 bits per heavy atom. The second kappa shape index (κ2) is 4.34. The second-order valence-corrected chi connectivity index (χ2v) is 4.70. The van der Waals surface area contributed by atoms with E-state index in [1.165, 1.54) is 12.8 Å². The molecule has 2 aliphatic rings. The Morgan fingerprint density at radius 3 is 2.40 bits per heavy atom. The summed E-state index contributed by atoms with van der Waals surface area (Å²) in [4.78, 5) is 0. The van der Waals surface area contributed by atoms with Crippen LogP contribution in [0.15, 0.2) is 0 Å². The largest absolute Gasteiger partial charge is 0.389 e. The number of fused-ring (bicyclic) bond motifs is 1. The molecule has 0 radical (unpaired) electrons. The molecule has 0 aliphatic heterocycles. The zero-order valence-corrected chi connectivity index (χ0v) is 8.79. The molecule has 2 unspecified atom stereocenters. The van der Waals surface area contributed by atoms with Gasteiger partial charge >= 0.3 is 0 Å². The minimum atomic E-state index is -2.40. The number of ether oxygens (including phenoxy) is 1. The number of aliphatic hydroxyl groups is 1. The second-order valence-electron chi connectivity index (χ2n) is 4.70. The zero-order valence-electron chi connectivity index (χ0n) is 8.79. The van der Waals surface area contributed by atoms with Crippen LogP contribution in [0.4, 0.5) is 8.78 Å². The first-order valence-corrected chi connectivity index (χ1v) is 5.73. The van der Waals surface area contributed by atoms with Gasteiger partial charge in [0, 0.05) is 13.0 Å². The third-order valence-electron chi connectivity index (χ3n) is 3.83. The van der Waals surface area contributed by atoms with Crippen LogP contribution in [0.2, 0.25) is 0 Å². The van der Waals surface area contributed by atoms with Crippen LogP contribution in [0.5, 0.6) is 0 Å². The Kier molecular flexibility index (Phi) is 3.26. The van der Waals surface area contributed by atoms with Gasteiger partial charge in [-0.3, -0.25) is 0 Å². The highest BCUT2D eigenvalue weighted by molar-refractivity contribution is 5.12. The standard InChI is InChI=1S/C11H18F2O2/c12-10(13)7-15-6-5-11(14)8-3-1-2-4-9(8)11/h8-10,14H,1-7H2. The van der Waals surface area contributed by atoms with Gasteiger partial charge in [-0.25, -0.2) is 8.78 Å². The van der Waals surface area contributed by atoms with E-state index in [9.17, 15) is 13.9 Å². The fourth-order valence-corrected chi connectivity index (χ4v) is 3.00. The lowest BCUT2D eigenvalue weighted by Crippen LogP contribution is -2.17. The number of hydrogen-bond donors (Lipinski definition) is 1. The maximum Gasteiger partial charge on any atom is 0.261 e. The van der Waals surface area contributed by atoms with Gasteiger partial charge in [0.2, 0.25) is 0 Å². The zero-order chi connectivity index (χ0) is 10.9. The summed E-state index contributed by atoms with van der Waals surface area (Å²) in [5.41, 5.74) is -0.585. The molecular formula is C11H18F2O2. The lowest BCUT2D eigenvalue weighted by Gasteiger charge is -2.10. The highest BCUT2D eigenvalue weighted by Gasteiger charge is 2.62. The lowest BCUT2D eigenvalue weighted by atomic mass is 10.0. The van der Waals surface area contributed by atoms with Crippen LogP contribution in [-0.2, 0) is 4.74 Å². The minimum absolute atomic E-state index is 0.258. The summed E-state index contributed by atoms with van der Waals surface area (Å²) in [6, 6.07) is 0. The van der Waals surface area contributed by atoms with Crippen molar-refractivity contribution in [1.82, 2.24) is 0 Å². The van der Waals surface area contributed by atoms with Crippen LogP contribution in [0.1, 0.15) is 32.1 Å². The van der Waals surface area contributed by atoms with Crippen molar-refractivity contribution in [3.05, 3.63) is 0 Å². The monoisotopic (exact) mass is 220 g/mol. The molecule has 2 aliphatic carbocycles. The molecule has 2 fully saturated rings. The molecule has 2 atom stereocenters. The molecule has 0 aromatic heterocycles. The van der Waals surface area contributed by atoms with Gasteiger partial charge in [0.25, 0.3) is 6.43 Å². The van der Waals surface area contributed by atoms with Crippen LogP contribution in [0.3, 0.4) is 0 Å². The van der Waals surface area contributed by atoms with E-state index < -0.39 is 18.6 Å². The molecular weight excluding hydrogens is 202 g/mol. The Balaban J connectivity index is 1.67. The van der Waals surface area contributed by atoms with E-state index >= 15 is 0 Å². The minimum Gasteiger partial charge on any atom is -0.389 e. The molecule has 0 bridgehead atoms. The SMILES string of the molecule is OC1(CCOCC(F)F)C2CCCCC21. The molecule has 0 amide bonds. The molecule has 4 heteroatoms. The van der Waals surface area contributed by atoms with E-state index in [4.69, 9.17) is 4.74 Å². The van der Waals surface area contributed by atoms with Crippen molar-refractivity contribution in [3.63, 3.8) is 0 Å². The first-order valence-electron chi connectivity index (χ1n) is 5.73. The number of rotatable bonds is 5. The Morgan fingerprint density at radius 1 is 1.27 bits per heavy atom. The van der Waals surface area contributed by atoms with Crippen molar-refractivity contribution in [2.45, 2.75) is 44.1 Å². The molecule has 2 rings (SSSR count). The van der Waals surface area contributed by atoms with Crippen molar-refractivity contribution in [1.29, 1.82) is 0 Å². The van der Waals surface area contributed by atoms with Crippen LogP contribution >= 0.6 is 0 Å². The third kappa shape index (κ3) is 2.31. The first kappa shape index (κ1) is 11.3. The number of halogens is 2. The Bertz CT molecular complexity index is 209. The quantitative estimate of drug-likeness (QED) is 0.720.